The molecule has 0 N–H and O–H groups in total. The lowest BCUT2D eigenvalue weighted by Gasteiger charge is -2.06. The Labute approximate surface area is 72.7 Å². The van der Waals surface area contributed by atoms with Crippen LogP contribution < -0.4 is 0 Å². The molecule has 1 aromatic rings. The van der Waals surface area contributed by atoms with Gasteiger partial charge in [-0.2, -0.15) is 0 Å². The zero-order chi connectivity index (χ0) is 8.81. The molecule has 0 saturated heterocycles. The molecule has 0 saturated carbocycles. The van der Waals surface area contributed by atoms with Gasteiger partial charge in [0.1, 0.15) is 6.29 Å². The van der Waals surface area contributed by atoms with Crippen molar-refractivity contribution in [2.24, 2.45) is 0 Å². The Morgan fingerprint density at radius 2 is 2.00 bits per heavy atom. The fraction of sp³-hybridized carbons (Fsp3) is 0.182. The fourth-order valence-corrected chi connectivity index (χ4v) is 1.15. The van der Waals surface area contributed by atoms with Gasteiger partial charge in [0.25, 0.3) is 0 Å². The minimum atomic E-state index is -0.0244. The van der Waals surface area contributed by atoms with Crippen LogP contribution in [0.15, 0.2) is 43.0 Å². The zero-order valence-electron chi connectivity index (χ0n) is 6.94. The van der Waals surface area contributed by atoms with Crippen LogP contribution in [0.3, 0.4) is 0 Å². The summed E-state index contributed by atoms with van der Waals surface area (Å²) in [6.45, 7) is 3.62. The molecule has 1 atom stereocenters. The van der Waals surface area contributed by atoms with Crippen LogP contribution in [0.25, 0.3) is 0 Å². The van der Waals surface area contributed by atoms with Gasteiger partial charge in [0, 0.05) is 5.92 Å². The summed E-state index contributed by atoms with van der Waals surface area (Å²) in [4.78, 5) is 10.6. The molecule has 62 valence electrons. The van der Waals surface area contributed by atoms with Crippen LogP contribution in [0.5, 0.6) is 0 Å². The van der Waals surface area contributed by atoms with Crippen LogP contribution in [0.4, 0.5) is 0 Å². The molecule has 12 heavy (non-hydrogen) atoms. The smallest absolute Gasteiger partial charge is 0.127 e. The van der Waals surface area contributed by atoms with E-state index in [-0.39, 0.29) is 5.92 Å². The number of hydrogen-bond acceptors (Lipinski definition) is 1. The highest BCUT2D eigenvalue weighted by molar-refractivity contribution is 5.62. The monoisotopic (exact) mass is 160 g/mol. The molecule has 1 aromatic carbocycles. The van der Waals surface area contributed by atoms with E-state index in [1.165, 1.54) is 0 Å². The molecule has 0 aliphatic carbocycles. The topological polar surface area (TPSA) is 17.1 Å². The lowest BCUT2D eigenvalue weighted by atomic mass is 9.98. The second-order valence-electron chi connectivity index (χ2n) is 2.68. The second kappa shape index (κ2) is 4.50. The first-order valence-corrected chi connectivity index (χ1v) is 3.99. The summed E-state index contributed by atoms with van der Waals surface area (Å²) in [7, 11) is 0. The molecule has 0 aromatic heterocycles. The van der Waals surface area contributed by atoms with E-state index in [0.29, 0.717) is 6.42 Å². The quantitative estimate of drug-likeness (QED) is 0.488. The number of carbonyl (C=O) groups excluding carboxylic acids is 1. The van der Waals surface area contributed by atoms with Crippen LogP contribution in [0.1, 0.15) is 17.9 Å². The van der Waals surface area contributed by atoms with Gasteiger partial charge in [0.15, 0.2) is 0 Å². The van der Waals surface area contributed by atoms with Crippen molar-refractivity contribution in [3.05, 3.63) is 48.6 Å². The van der Waals surface area contributed by atoms with E-state index in [9.17, 15) is 4.79 Å². The van der Waals surface area contributed by atoms with Gasteiger partial charge in [-0.3, -0.25) is 0 Å². The first kappa shape index (κ1) is 8.72. The van der Waals surface area contributed by atoms with E-state index in [4.69, 9.17) is 0 Å². The first-order valence-electron chi connectivity index (χ1n) is 3.99. The van der Waals surface area contributed by atoms with E-state index in [1.807, 2.05) is 30.3 Å². The van der Waals surface area contributed by atoms with E-state index in [2.05, 4.69) is 6.58 Å². The maximum absolute atomic E-state index is 10.6. The predicted octanol–water partition coefficient (Wildman–Crippen LogP) is 2.55. The number of aldehydes is 1. The van der Waals surface area contributed by atoms with Gasteiger partial charge < -0.3 is 4.79 Å². The van der Waals surface area contributed by atoms with Crippen molar-refractivity contribution in [1.82, 2.24) is 0 Å². The Morgan fingerprint density at radius 3 is 2.50 bits per heavy atom. The normalized spacial score (nSPS) is 12.0. The molecular weight excluding hydrogens is 148 g/mol. The van der Waals surface area contributed by atoms with E-state index in [1.54, 1.807) is 6.08 Å². The summed E-state index contributed by atoms with van der Waals surface area (Å²) in [5, 5.41) is 0. The van der Waals surface area contributed by atoms with Gasteiger partial charge in [-0.15, -0.1) is 6.58 Å². The Bertz CT molecular complexity index is 251. The zero-order valence-corrected chi connectivity index (χ0v) is 6.94. The predicted molar refractivity (Wildman–Crippen MR) is 50.1 cm³/mol. The fourth-order valence-electron chi connectivity index (χ4n) is 1.15. The molecule has 0 aliphatic heterocycles. The number of hydrogen-bond donors (Lipinski definition) is 0. The van der Waals surface area contributed by atoms with Crippen molar-refractivity contribution in [3.8, 4) is 0 Å². The molecule has 1 nitrogen and oxygen atoms in total. The highest BCUT2D eigenvalue weighted by Gasteiger charge is 2.06. The van der Waals surface area contributed by atoms with Crippen molar-refractivity contribution >= 4 is 6.29 Å². The van der Waals surface area contributed by atoms with Crippen molar-refractivity contribution in [2.75, 3.05) is 0 Å². The van der Waals surface area contributed by atoms with Crippen LogP contribution in [-0.2, 0) is 4.79 Å². The van der Waals surface area contributed by atoms with E-state index in [0.717, 1.165) is 11.8 Å². The maximum Gasteiger partial charge on any atom is 0.127 e. The minimum absolute atomic E-state index is 0.0244. The standard InChI is InChI=1S/C11H12O/c1-2-6-11(9-12)10-7-4-3-5-8-10/h2-5,7-9,11H,1,6H2/t11-/m0/s1. The summed E-state index contributed by atoms with van der Waals surface area (Å²) in [6, 6.07) is 9.74. The molecule has 0 fully saturated rings. The molecule has 0 aliphatic rings. The van der Waals surface area contributed by atoms with Crippen LogP contribution in [0, 0.1) is 0 Å². The Kier molecular flexibility index (Phi) is 3.27. The van der Waals surface area contributed by atoms with Crippen molar-refractivity contribution in [1.29, 1.82) is 0 Å². The van der Waals surface area contributed by atoms with E-state index >= 15 is 0 Å². The summed E-state index contributed by atoms with van der Waals surface area (Å²) < 4.78 is 0. The lowest BCUT2D eigenvalue weighted by molar-refractivity contribution is -0.109. The molecule has 0 spiro atoms. The summed E-state index contributed by atoms with van der Waals surface area (Å²) in [5.74, 6) is -0.0244. The molecule has 1 heteroatoms. The molecule has 1 rings (SSSR count). The van der Waals surface area contributed by atoms with Crippen LogP contribution >= 0.6 is 0 Å². The average Bonchev–Trinajstić information content (AvgIpc) is 2.15. The third-order valence-corrected chi connectivity index (χ3v) is 1.81. The molecule has 0 bridgehead atoms. The Morgan fingerprint density at radius 1 is 1.33 bits per heavy atom. The molecule has 0 unspecified atom stereocenters. The summed E-state index contributed by atoms with van der Waals surface area (Å²) in [6.07, 6.45) is 3.45. The minimum Gasteiger partial charge on any atom is -0.303 e. The molecule has 0 amide bonds. The summed E-state index contributed by atoms with van der Waals surface area (Å²) >= 11 is 0. The van der Waals surface area contributed by atoms with Gasteiger partial charge in [-0.25, -0.2) is 0 Å². The van der Waals surface area contributed by atoms with Crippen molar-refractivity contribution in [3.63, 3.8) is 0 Å². The van der Waals surface area contributed by atoms with Gasteiger partial charge in [0.2, 0.25) is 0 Å². The van der Waals surface area contributed by atoms with Gasteiger partial charge in [-0.1, -0.05) is 36.4 Å². The third kappa shape index (κ3) is 2.06. The average molecular weight is 160 g/mol. The second-order valence-corrected chi connectivity index (χ2v) is 2.68. The highest BCUT2D eigenvalue weighted by atomic mass is 16.1. The van der Waals surface area contributed by atoms with Gasteiger partial charge in [-0.05, 0) is 12.0 Å². The molecule has 0 heterocycles. The van der Waals surface area contributed by atoms with Gasteiger partial charge in [0.05, 0.1) is 0 Å². The largest absolute Gasteiger partial charge is 0.303 e. The van der Waals surface area contributed by atoms with Crippen LogP contribution in [-0.4, -0.2) is 6.29 Å². The Hall–Kier alpha value is -1.37. The third-order valence-electron chi connectivity index (χ3n) is 1.81. The number of carbonyl (C=O) groups is 1. The van der Waals surface area contributed by atoms with Crippen LogP contribution in [0.2, 0.25) is 0 Å². The Balaban J connectivity index is 2.79. The first-order chi connectivity index (χ1) is 5.88. The van der Waals surface area contributed by atoms with Crippen molar-refractivity contribution in [2.45, 2.75) is 12.3 Å². The number of benzene rings is 1. The number of allylic oxidation sites excluding steroid dienone is 1. The number of rotatable bonds is 4. The summed E-state index contributed by atoms with van der Waals surface area (Å²) in [5.41, 5.74) is 1.06. The maximum atomic E-state index is 10.6. The SMILES string of the molecule is C=CC[C@@H](C=O)c1ccccc1. The van der Waals surface area contributed by atoms with Crippen molar-refractivity contribution < 1.29 is 4.79 Å². The molecule has 0 radical (unpaired) electrons. The lowest BCUT2D eigenvalue weighted by Crippen LogP contribution is -1.97. The van der Waals surface area contributed by atoms with E-state index < -0.39 is 0 Å². The van der Waals surface area contributed by atoms with Gasteiger partial charge >= 0.3 is 0 Å². The highest BCUT2D eigenvalue weighted by Crippen LogP contribution is 2.16. The molecular formula is C11H12O.